The number of carbonyl (C=O) groups excluding carboxylic acids is 2. The van der Waals surface area contributed by atoms with Crippen molar-refractivity contribution in [3.63, 3.8) is 0 Å². The number of hydrogen-bond acceptors (Lipinski definition) is 3. The minimum Gasteiger partial charge on any atom is -0.355 e. The average molecular weight is 342 g/mol. The number of hydrogen-bond donors (Lipinski definition) is 1. The smallest absolute Gasteiger partial charge is 0.255 e. The molecule has 4 aliphatic heterocycles. The first kappa shape index (κ1) is 14.1. The zero-order valence-electron chi connectivity index (χ0n) is 13.1. The second-order valence-corrected chi connectivity index (χ2v) is 7.33. The van der Waals surface area contributed by atoms with E-state index in [0.29, 0.717) is 10.7 Å². The highest BCUT2D eigenvalue weighted by Crippen LogP contribution is 2.62. The summed E-state index contributed by atoms with van der Waals surface area (Å²) in [5, 5.41) is 3.57. The molecule has 1 aromatic rings. The summed E-state index contributed by atoms with van der Waals surface area (Å²) >= 11 is 6.24. The fourth-order valence-corrected chi connectivity index (χ4v) is 5.23. The van der Waals surface area contributed by atoms with Crippen LogP contribution in [-0.4, -0.2) is 34.7 Å². The highest BCUT2D eigenvalue weighted by Gasteiger charge is 2.71. The van der Waals surface area contributed by atoms with Crippen molar-refractivity contribution in [2.75, 3.05) is 12.4 Å². The van der Waals surface area contributed by atoms with E-state index in [9.17, 15) is 9.59 Å². The number of rotatable bonds is 0. The maximum absolute atomic E-state index is 13.2. The van der Waals surface area contributed by atoms with Crippen LogP contribution >= 0.6 is 11.6 Å². The molecular weight excluding hydrogens is 326 g/mol. The van der Waals surface area contributed by atoms with E-state index in [0.717, 1.165) is 17.7 Å². The van der Waals surface area contributed by atoms with Gasteiger partial charge in [0.1, 0.15) is 0 Å². The van der Waals surface area contributed by atoms with Crippen LogP contribution in [0.2, 0.25) is 5.02 Å². The molecule has 0 radical (unpaired) electrons. The quantitative estimate of drug-likeness (QED) is 0.788. The Labute approximate surface area is 144 Å². The van der Waals surface area contributed by atoms with Crippen molar-refractivity contribution in [3.8, 4) is 0 Å². The Morgan fingerprint density at radius 1 is 1.38 bits per heavy atom. The molecule has 0 saturated carbocycles. The van der Waals surface area contributed by atoms with Crippen molar-refractivity contribution in [1.82, 2.24) is 9.80 Å². The molecule has 0 aliphatic carbocycles. The third-order valence-corrected chi connectivity index (χ3v) is 6.26. The summed E-state index contributed by atoms with van der Waals surface area (Å²) in [7, 11) is 1.75. The van der Waals surface area contributed by atoms with Crippen LogP contribution in [0.1, 0.15) is 12.0 Å². The van der Waals surface area contributed by atoms with Crippen molar-refractivity contribution in [2.24, 2.45) is 11.8 Å². The molecule has 5 nitrogen and oxygen atoms in total. The first-order chi connectivity index (χ1) is 11.5. The third kappa shape index (κ3) is 1.31. The maximum Gasteiger partial charge on any atom is 0.255 e. The van der Waals surface area contributed by atoms with E-state index in [2.05, 4.69) is 16.8 Å². The van der Waals surface area contributed by atoms with E-state index in [-0.39, 0.29) is 29.7 Å². The van der Waals surface area contributed by atoms with Gasteiger partial charge >= 0.3 is 0 Å². The molecule has 2 saturated heterocycles. The van der Waals surface area contributed by atoms with Gasteiger partial charge in [0.05, 0.1) is 5.92 Å². The summed E-state index contributed by atoms with van der Waals surface area (Å²) in [4.78, 5) is 29.7. The van der Waals surface area contributed by atoms with Gasteiger partial charge in [0.15, 0.2) is 5.54 Å². The van der Waals surface area contributed by atoms with Gasteiger partial charge in [-0.05, 0) is 30.8 Å². The SMILES string of the molecule is C=C1[C@H]2[C@@H](C(=O)N1C)[C@H]1CC=CN1[C@]21C(=O)Nc2ccc(Cl)cc21. The molecule has 0 bridgehead atoms. The van der Waals surface area contributed by atoms with Gasteiger partial charge < -0.3 is 15.1 Å². The first-order valence-electron chi connectivity index (χ1n) is 8.01. The van der Waals surface area contributed by atoms with E-state index in [1.54, 1.807) is 18.0 Å². The van der Waals surface area contributed by atoms with Crippen LogP contribution in [0.3, 0.4) is 0 Å². The monoisotopic (exact) mass is 341 g/mol. The van der Waals surface area contributed by atoms with Gasteiger partial charge in [0.25, 0.3) is 5.91 Å². The number of halogens is 1. The molecule has 122 valence electrons. The van der Waals surface area contributed by atoms with E-state index < -0.39 is 5.54 Å². The van der Waals surface area contributed by atoms with Crippen LogP contribution in [0.4, 0.5) is 5.69 Å². The standard InChI is InChI=1S/C18H16ClN3O2/c1-9-15-14(16(23)21(9)2)13-4-3-7-22(13)18(15)11-8-10(19)5-6-12(11)20-17(18)24/h3,5-8,13-15H,1,4H2,2H3,(H,20,24)/t13-,14+,15+,18+/m1/s1. The zero-order chi connectivity index (χ0) is 16.8. The summed E-state index contributed by atoms with van der Waals surface area (Å²) < 4.78 is 0. The lowest BCUT2D eigenvalue weighted by molar-refractivity contribution is -0.130. The molecule has 0 unspecified atom stereocenters. The lowest BCUT2D eigenvalue weighted by Gasteiger charge is -2.38. The maximum atomic E-state index is 13.2. The Morgan fingerprint density at radius 2 is 2.17 bits per heavy atom. The highest BCUT2D eigenvalue weighted by atomic mass is 35.5. The molecular formula is C18H16ClN3O2. The number of nitrogens with zero attached hydrogens (tertiary/aromatic N) is 2. The molecule has 1 N–H and O–H groups in total. The number of likely N-dealkylation sites (tertiary alicyclic amines) is 1. The molecule has 2 amide bonds. The normalized spacial score (nSPS) is 35.8. The second kappa shape index (κ2) is 4.22. The Hall–Kier alpha value is -2.27. The van der Waals surface area contributed by atoms with Gasteiger partial charge in [-0.25, -0.2) is 0 Å². The molecule has 6 heteroatoms. The summed E-state index contributed by atoms with van der Waals surface area (Å²) in [5.41, 5.74) is 1.36. The minimum atomic E-state index is -0.944. The Bertz CT molecular complexity index is 864. The lowest BCUT2D eigenvalue weighted by atomic mass is 9.75. The van der Waals surface area contributed by atoms with Crippen molar-refractivity contribution in [1.29, 1.82) is 0 Å². The van der Waals surface area contributed by atoms with Crippen LogP contribution in [0, 0.1) is 11.8 Å². The molecule has 2 fully saturated rings. The van der Waals surface area contributed by atoms with Crippen molar-refractivity contribution in [3.05, 3.63) is 53.3 Å². The second-order valence-electron chi connectivity index (χ2n) is 6.90. The fourth-order valence-electron chi connectivity index (χ4n) is 5.05. The molecule has 1 aromatic carbocycles. The summed E-state index contributed by atoms with van der Waals surface area (Å²) in [6, 6.07) is 5.43. The van der Waals surface area contributed by atoms with Gasteiger partial charge in [-0.2, -0.15) is 0 Å². The number of carbonyl (C=O) groups is 2. The molecule has 24 heavy (non-hydrogen) atoms. The number of anilines is 1. The van der Waals surface area contributed by atoms with Crippen molar-refractivity contribution < 1.29 is 9.59 Å². The topological polar surface area (TPSA) is 52.7 Å². The van der Waals surface area contributed by atoms with E-state index >= 15 is 0 Å². The van der Waals surface area contributed by atoms with Crippen LogP contribution in [0.25, 0.3) is 0 Å². The van der Waals surface area contributed by atoms with Gasteiger partial charge in [0, 0.05) is 41.0 Å². The van der Waals surface area contributed by atoms with E-state index in [4.69, 9.17) is 11.6 Å². The van der Waals surface area contributed by atoms with Crippen LogP contribution < -0.4 is 5.32 Å². The molecule has 4 aliphatic rings. The van der Waals surface area contributed by atoms with Crippen LogP contribution in [0.15, 0.2) is 42.8 Å². The molecule has 0 aromatic heterocycles. The van der Waals surface area contributed by atoms with E-state index in [1.165, 1.54) is 0 Å². The Morgan fingerprint density at radius 3 is 2.96 bits per heavy atom. The largest absolute Gasteiger partial charge is 0.355 e. The summed E-state index contributed by atoms with van der Waals surface area (Å²) in [6.45, 7) is 4.15. The predicted octanol–water partition coefficient (Wildman–Crippen LogP) is 2.31. The number of amides is 2. The van der Waals surface area contributed by atoms with Crippen molar-refractivity contribution in [2.45, 2.75) is 18.0 Å². The highest BCUT2D eigenvalue weighted by molar-refractivity contribution is 6.31. The number of fused-ring (bicyclic) bond motifs is 7. The van der Waals surface area contributed by atoms with Gasteiger partial charge in [-0.3, -0.25) is 9.59 Å². The lowest BCUT2D eigenvalue weighted by Crippen LogP contribution is -2.50. The minimum absolute atomic E-state index is 0.0140. The van der Waals surface area contributed by atoms with Crippen LogP contribution in [-0.2, 0) is 15.1 Å². The summed E-state index contributed by atoms with van der Waals surface area (Å²) in [5.74, 6) is -0.588. The number of nitrogens with one attached hydrogen (secondary N) is 1. The summed E-state index contributed by atoms with van der Waals surface area (Å²) in [6.07, 6.45) is 4.75. The van der Waals surface area contributed by atoms with Gasteiger partial charge in [-0.1, -0.05) is 24.3 Å². The van der Waals surface area contributed by atoms with E-state index in [1.807, 2.05) is 24.4 Å². The third-order valence-electron chi connectivity index (χ3n) is 6.02. The van der Waals surface area contributed by atoms with Gasteiger partial charge in [0.2, 0.25) is 5.91 Å². The first-order valence-corrected chi connectivity index (χ1v) is 8.38. The number of benzene rings is 1. The molecule has 5 rings (SSSR count). The van der Waals surface area contributed by atoms with Crippen molar-refractivity contribution >= 4 is 29.1 Å². The fraction of sp³-hybridized carbons (Fsp3) is 0.333. The Balaban J connectivity index is 1.82. The Kier molecular flexibility index (Phi) is 2.48. The molecule has 4 atom stereocenters. The predicted molar refractivity (Wildman–Crippen MR) is 90.0 cm³/mol. The molecule has 1 spiro atoms. The zero-order valence-corrected chi connectivity index (χ0v) is 13.9. The van der Waals surface area contributed by atoms with Gasteiger partial charge in [-0.15, -0.1) is 0 Å². The van der Waals surface area contributed by atoms with Crippen LogP contribution in [0.5, 0.6) is 0 Å². The average Bonchev–Trinajstić information content (AvgIpc) is 3.24. The molecule has 4 heterocycles.